The SMILES string of the molecule is COc1ccc(C(O)c2ncc(C)cn2)c(C)c1. The van der Waals surface area contributed by atoms with E-state index in [1.165, 1.54) is 0 Å². The van der Waals surface area contributed by atoms with Crippen molar-refractivity contribution in [2.24, 2.45) is 0 Å². The topological polar surface area (TPSA) is 55.2 Å². The number of nitrogens with zero attached hydrogens (tertiary/aromatic N) is 2. The fraction of sp³-hybridized carbons (Fsp3) is 0.286. The third-order valence-electron chi connectivity index (χ3n) is 2.82. The van der Waals surface area contributed by atoms with Crippen LogP contribution < -0.4 is 4.74 Å². The lowest BCUT2D eigenvalue weighted by molar-refractivity contribution is 0.209. The summed E-state index contributed by atoms with van der Waals surface area (Å²) in [6, 6.07) is 5.54. The normalized spacial score (nSPS) is 12.2. The molecule has 2 rings (SSSR count). The molecule has 94 valence electrons. The molecule has 4 heteroatoms. The molecule has 0 aliphatic carbocycles. The fourth-order valence-corrected chi connectivity index (χ4v) is 1.76. The van der Waals surface area contributed by atoms with Crippen LogP contribution in [0, 0.1) is 13.8 Å². The van der Waals surface area contributed by atoms with Crippen molar-refractivity contribution < 1.29 is 9.84 Å². The first-order chi connectivity index (χ1) is 8.61. The Morgan fingerprint density at radius 1 is 1.17 bits per heavy atom. The Bertz CT molecular complexity index is 538. The predicted octanol–water partition coefficient (Wildman–Crippen LogP) is 2.18. The van der Waals surface area contributed by atoms with Crippen LogP contribution in [0.4, 0.5) is 0 Å². The number of aryl methyl sites for hydroxylation is 2. The van der Waals surface area contributed by atoms with E-state index in [1.807, 2.05) is 32.0 Å². The van der Waals surface area contributed by atoms with Gasteiger partial charge in [-0.3, -0.25) is 0 Å². The van der Waals surface area contributed by atoms with Crippen molar-refractivity contribution >= 4 is 0 Å². The van der Waals surface area contributed by atoms with Gasteiger partial charge in [-0.15, -0.1) is 0 Å². The molecule has 0 amide bonds. The highest BCUT2D eigenvalue weighted by Crippen LogP contribution is 2.25. The Hall–Kier alpha value is -1.94. The summed E-state index contributed by atoms with van der Waals surface area (Å²) in [5, 5.41) is 10.3. The molecule has 0 aliphatic rings. The first kappa shape index (κ1) is 12.5. The van der Waals surface area contributed by atoms with Crippen molar-refractivity contribution in [1.29, 1.82) is 0 Å². The summed E-state index contributed by atoms with van der Waals surface area (Å²) < 4.78 is 5.14. The highest BCUT2D eigenvalue weighted by molar-refractivity contribution is 5.37. The van der Waals surface area contributed by atoms with Gasteiger partial charge in [0.05, 0.1) is 7.11 Å². The minimum absolute atomic E-state index is 0.411. The third-order valence-corrected chi connectivity index (χ3v) is 2.82. The molecule has 2 aromatic rings. The smallest absolute Gasteiger partial charge is 0.161 e. The van der Waals surface area contributed by atoms with Crippen LogP contribution in [0.1, 0.15) is 28.6 Å². The molecule has 1 atom stereocenters. The summed E-state index contributed by atoms with van der Waals surface area (Å²) in [5.74, 6) is 1.18. The maximum Gasteiger partial charge on any atom is 0.161 e. The van der Waals surface area contributed by atoms with Crippen molar-refractivity contribution in [3.8, 4) is 5.75 Å². The molecule has 1 heterocycles. The van der Waals surface area contributed by atoms with Gasteiger partial charge in [0.15, 0.2) is 5.82 Å². The lowest BCUT2D eigenvalue weighted by Crippen LogP contribution is -2.07. The quantitative estimate of drug-likeness (QED) is 0.899. The van der Waals surface area contributed by atoms with Crippen molar-refractivity contribution in [3.05, 3.63) is 53.1 Å². The van der Waals surface area contributed by atoms with Crippen LogP contribution >= 0.6 is 0 Å². The van der Waals surface area contributed by atoms with Crippen LogP contribution in [-0.2, 0) is 0 Å². The van der Waals surface area contributed by atoms with Crippen molar-refractivity contribution in [2.75, 3.05) is 7.11 Å². The Labute approximate surface area is 106 Å². The minimum Gasteiger partial charge on any atom is -0.497 e. The zero-order chi connectivity index (χ0) is 13.1. The van der Waals surface area contributed by atoms with E-state index in [0.29, 0.717) is 5.82 Å². The van der Waals surface area contributed by atoms with Crippen LogP contribution in [0.5, 0.6) is 5.75 Å². The van der Waals surface area contributed by atoms with Gasteiger partial charge in [0.2, 0.25) is 0 Å². The van der Waals surface area contributed by atoms with E-state index in [0.717, 1.165) is 22.4 Å². The molecule has 0 saturated carbocycles. The average molecular weight is 244 g/mol. The number of rotatable bonds is 3. The van der Waals surface area contributed by atoms with E-state index in [2.05, 4.69) is 9.97 Å². The van der Waals surface area contributed by atoms with E-state index >= 15 is 0 Å². The van der Waals surface area contributed by atoms with Crippen LogP contribution in [0.15, 0.2) is 30.6 Å². The number of aromatic nitrogens is 2. The van der Waals surface area contributed by atoms with Crippen LogP contribution in [-0.4, -0.2) is 22.2 Å². The number of benzene rings is 1. The average Bonchev–Trinajstić information content (AvgIpc) is 2.38. The van der Waals surface area contributed by atoms with Crippen molar-refractivity contribution in [1.82, 2.24) is 9.97 Å². The molecular weight excluding hydrogens is 228 g/mol. The highest BCUT2D eigenvalue weighted by Gasteiger charge is 2.15. The molecule has 0 radical (unpaired) electrons. The fourth-order valence-electron chi connectivity index (χ4n) is 1.76. The van der Waals surface area contributed by atoms with Gasteiger partial charge in [-0.05, 0) is 42.7 Å². The van der Waals surface area contributed by atoms with E-state index in [4.69, 9.17) is 4.74 Å². The van der Waals surface area contributed by atoms with Gasteiger partial charge in [0.1, 0.15) is 11.9 Å². The minimum atomic E-state index is -0.809. The van der Waals surface area contributed by atoms with E-state index in [9.17, 15) is 5.11 Å². The summed E-state index contributed by atoms with van der Waals surface area (Å²) in [5.41, 5.74) is 2.71. The number of hydrogen-bond donors (Lipinski definition) is 1. The lowest BCUT2D eigenvalue weighted by atomic mass is 10.0. The Morgan fingerprint density at radius 3 is 2.39 bits per heavy atom. The van der Waals surface area contributed by atoms with E-state index in [1.54, 1.807) is 19.5 Å². The number of methoxy groups -OCH3 is 1. The van der Waals surface area contributed by atoms with Crippen molar-refractivity contribution in [3.63, 3.8) is 0 Å². The predicted molar refractivity (Wildman–Crippen MR) is 68.6 cm³/mol. The largest absolute Gasteiger partial charge is 0.497 e. The van der Waals surface area contributed by atoms with Gasteiger partial charge < -0.3 is 9.84 Å². The van der Waals surface area contributed by atoms with Gasteiger partial charge in [-0.1, -0.05) is 6.07 Å². The first-order valence-corrected chi connectivity index (χ1v) is 5.73. The molecule has 0 aliphatic heterocycles. The van der Waals surface area contributed by atoms with Crippen molar-refractivity contribution in [2.45, 2.75) is 20.0 Å². The molecular formula is C14H16N2O2. The Morgan fingerprint density at radius 2 is 1.83 bits per heavy atom. The Kier molecular flexibility index (Phi) is 3.58. The summed E-state index contributed by atoms with van der Waals surface area (Å²) in [6.07, 6.45) is 2.59. The molecule has 1 aromatic heterocycles. The monoisotopic (exact) mass is 244 g/mol. The molecule has 18 heavy (non-hydrogen) atoms. The molecule has 0 bridgehead atoms. The second-order valence-electron chi connectivity index (χ2n) is 4.24. The molecule has 0 saturated heterocycles. The first-order valence-electron chi connectivity index (χ1n) is 5.73. The van der Waals surface area contributed by atoms with Crippen LogP contribution in [0.2, 0.25) is 0 Å². The maximum absolute atomic E-state index is 10.3. The summed E-state index contributed by atoms with van der Waals surface area (Å²) in [7, 11) is 1.62. The van der Waals surface area contributed by atoms with Gasteiger partial charge in [0.25, 0.3) is 0 Å². The van der Waals surface area contributed by atoms with E-state index < -0.39 is 6.10 Å². The van der Waals surface area contributed by atoms with Gasteiger partial charge in [-0.2, -0.15) is 0 Å². The van der Waals surface area contributed by atoms with E-state index in [-0.39, 0.29) is 0 Å². The standard InChI is InChI=1S/C14H16N2O2/c1-9-7-15-14(16-8-9)13(17)12-5-4-11(18-3)6-10(12)2/h4-8,13,17H,1-3H3. The van der Waals surface area contributed by atoms with Gasteiger partial charge >= 0.3 is 0 Å². The number of hydrogen-bond acceptors (Lipinski definition) is 4. The second kappa shape index (κ2) is 5.14. The molecule has 1 aromatic carbocycles. The van der Waals surface area contributed by atoms with Crippen LogP contribution in [0.3, 0.4) is 0 Å². The highest BCUT2D eigenvalue weighted by atomic mass is 16.5. The number of aliphatic hydroxyl groups is 1. The third kappa shape index (κ3) is 2.49. The Balaban J connectivity index is 2.33. The zero-order valence-electron chi connectivity index (χ0n) is 10.7. The summed E-state index contributed by atoms with van der Waals surface area (Å²) >= 11 is 0. The second-order valence-corrected chi connectivity index (χ2v) is 4.24. The molecule has 0 fully saturated rings. The molecule has 1 N–H and O–H groups in total. The van der Waals surface area contributed by atoms with Gasteiger partial charge in [-0.25, -0.2) is 9.97 Å². The number of aliphatic hydroxyl groups excluding tert-OH is 1. The van der Waals surface area contributed by atoms with Gasteiger partial charge in [0, 0.05) is 12.4 Å². The van der Waals surface area contributed by atoms with Crippen LogP contribution in [0.25, 0.3) is 0 Å². The molecule has 4 nitrogen and oxygen atoms in total. The molecule has 1 unspecified atom stereocenters. The summed E-state index contributed by atoms with van der Waals surface area (Å²) in [4.78, 5) is 8.29. The summed E-state index contributed by atoms with van der Waals surface area (Å²) in [6.45, 7) is 3.84. The molecule has 0 spiro atoms. The maximum atomic E-state index is 10.3. The lowest BCUT2D eigenvalue weighted by Gasteiger charge is -2.13. The number of ether oxygens (including phenoxy) is 1. The zero-order valence-corrected chi connectivity index (χ0v) is 10.7.